The normalized spacial score (nSPS) is 10.4. The van der Waals surface area contributed by atoms with E-state index in [0.717, 1.165) is 0 Å². The average molecular weight is 489 g/mol. The van der Waals surface area contributed by atoms with Gasteiger partial charge in [0.1, 0.15) is 6.61 Å². The van der Waals surface area contributed by atoms with Crippen LogP contribution in [0.5, 0.6) is 23.0 Å². The van der Waals surface area contributed by atoms with E-state index >= 15 is 0 Å². The molecule has 7 nitrogen and oxygen atoms in total. The number of terminal acetylenes is 1. The van der Waals surface area contributed by atoms with Crippen LogP contribution in [0.4, 0.5) is 0 Å². The number of carbonyl (C=O) groups excluding carboxylic acids is 1. The number of rotatable bonds is 11. The molecule has 2 aromatic rings. The second-order valence-corrected chi connectivity index (χ2v) is 6.84. The van der Waals surface area contributed by atoms with Crippen LogP contribution in [-0.4, -0.2) is 38.5 Å². The van der Waals surface area contributed by atoms with Crippen molar-refractivity contribution in [1.82, 2.24) is 5.43 Å². The van der Waals surface area contributed by atoms with E-state index in [-0.39, 0.29) is 12.5 Å². The molecule has 2 aromatic carbocycles. The van der Waals surface area contributed by atoms with Gasteiger partial charge in [0.2, 0.25) is 0 Å². The molecule has 0 heterocycles. The van der Waals surface area contributed by atoms with E-state index in [4.69, 9.17) is 25.4 Å². The molecule has 2 rings (SSSR count). The highest BCUT2D eigenvalue weighted by Gasteiger charge is 2.13. The summed E-state index contributed by atoms with van der Waals surface area (Å²) in [5.41, 5.74) is 3.61. The van der Waals surface area contributed by atoms with E-state index < -0.39 is 0 Å². The Morgan fingerprint density at radius 3 is 2.39 bits per heavy atom. The minimum Gasteiger partial charge on any atom is -0.490 e. The lowest BCUT2D eigenvalue weighted by Gasteiger charge is -2.13. The van der Waals surface area contributed by atoms with Gasteiger partial charge in [-0.2, -0.15) is 5.10 Å². The maximum absolute atomic E-state index is 12.5. The summed E-state index contributed by atoms with van der Waals surface area (Å²) in [5, 5.41) is 4.04. The Bertz CT molecular complexity index is 969. The molecule has 0 aromatic heterocycles. The number of amides is 1. The first kappa shape index (κ1) is 24.1. The predicted molar refractivity (Wildman–Crippen MR) is 123 cm³/mol. The molecule has 0 fully saturated rings. The van der Waals surface area contributed by atoms with E-state index in [1.165, 1.54) is 6.21 Å². The van der Waals surface area contributed by atoms with Crippen LogP contribution in [0.3, 0.4) is 0 Å². The van der Waals surface area contributed by atoms with Gasteiger partial charge in [-0.25, -0.2) is 5.43 Å². The Balaban J connectivity index is 2.15. The maximum atomic E-state index is 12.5. The Morgan fingerprint density at radius 2 is 1.71 bits per heavy atom. The molecule has 0 spiro atoms. The van der Waals surface area contributed by atoms with Gasteiger partial charge in [-0.3, -0.25) is 4.79 Å². The van der Waals surface area contributed by atoms with Crippen molar-refractivity contribution >= 4 is 28.1 Å². The number of ether oxygens (including phenoxy) is 4. The van der Waals surface area contributed by atoms with E-state index in [0.29, 0.717) is 58.4 Å². The first-order chi connectivity index (χ1) is 15.0. The van der Waals surface area contributed by atoms with Crippen molar-refractivity contribution in [3.8, 4) is 35.3 Å². The van der Waals surface area contributed by atoms with Crippen LogP contribution in [0, 0.1) is 12.3 Å². The lowest BCUT2D eigenvalue weighted by molar-refractivity contribution is 0.0954. The lowest BCUT2D eigenvalue weighted by Crippen LogP contribution is -2.17. The molecule has 0 aliphatic rings. The third kappa shape index (κ3) is 6.93. The fourth-order valence-electron chi connectivity index (χ4n) is 2.60. The van der Waals surface area contributed by atoms with Gasteiger partial charge in [-0.15, -0.1) is 6.42 Å². The molecule has 0 bridgehead atoms. The molecule has 0 aliphatic carbocycles. The van der Waals surface area contributed by atoms with Crippen molar-refractivity contribution < 1.29 is 23.7 Å². The highest BCUT2D eigenvalue weighted by molar-refractivity contribution is 9.10. The van der Waals surface area contributed by atoms with Gasteiger partial charge in [-0.05, 0) is 72.6 Å². The first-order valence-corrected chi connectivity index (χ1v) is 10.6. The molecule has 164 valence electrons. The Morgan fingerprint density at radius 1 is 1.03 bits per heavy atom. The predicted octanol–water partition coefficient (Wildman–Crippen LogP) is 4.42. The van der Waals surface area contributed by atoms with Crippen molar-refractivity contribution in [2.24, 2.45) is 5.10 Å². The van der Waals surface area contributed by atoms with Gasteiger partial charge in [0.15, 0.2) is 23.0 Å². The zero-order chi connectivity index (χ0) is 22.6. The van der Waals surface area contributed by atoms with Crippen LogP contribution < -0.4 is 24.4 Å². The fraction of sp³-hybridized carbons (Fsp3) is 0.304. The van der Waals surface area contributed by atoms with Crippen molar-refractivity contribution in [3.63, 3.8) is 0 Å². The molecular formula is C23H25BrN2O5. The van der Waals surface area contributed by atoms with Crippen molar-refractivity contribution in [2.45, 2.75) is 20.8 Å². The quantitative estimate of drug-likeness (QED) is 0.287. The smallest absolute Gasteiger partial charge is 0.271 e. The molecule has 1 amide bonds. The Hall–Kier alpha value is -3.18. The summed E-state index contributed by atoms with van der Waals surface area (Å²) in [6.07, 6.45) is 6.77. The number of nitrogens with one attached hydrogen (secondary N) is 1. The van der Waals surface area contributed by atoms with Crippen LogP contribution in [0.2, 0.25) is 0 Å². The summed E-state index contributed by atoms with van der Waals surface area (Å²) >= 11 is 3.45. The second-order valence-electron chi connectivity index (χ2n) is 5.98. The molecule has 0 radical (unpaired) electrons. The van der Waals surface area contributed by atoms with Crippen molar-refractivity contribution in [1.29, 1.82) is 0 Å². The van der Waals surface area contributed by atoms with Crippen LogP contribution in [0.15, 0.2) is 39.9 Å². The number of halogens is 1. The summed E-state index contributed by atoms with van der Waals surface area (Å²) in [6.45, 7) is 7.15. The monoisotopic (exact) mass is 488 g/mol. The van der Waals surface area contributed by atoms with Crippen LogP contribution >= 0.6 is 15.9 Å². The summed E-state index contributed by atoms with van der Waals surface area (Å²) < 4.78 is 22.9. The minimum atomic E-state index is -0.377. The van der Waals surface area contributed by atoms with Crippen LogP contribution in [-0.2, 0) is 0 Å². The molecule has 0 unspecified atom stereocenters. The molecule has 31 heavy (non-hydrogen) atoms. The molecule has 1 N–H and O–H groups in total. The number of hydrogen-bond donors (Lipinski definition) is 1. The van der Waals surface area contributed by atoms with Gasteiger partial charge >= 0.3 is 0 Å². The lowest BCUT2D eigenvalue weighted by atomic mass is 10.2. The van der Waals surface area contributed by atoms with Crippen LogP contribution in [0.25, 0.3) is 0 Å². The van der Waals surface area contributed by atoms with E-state index in [1.807, 2.05) is 20.8 Å². The first-order valence-electron chi connectivity index (χ1n) is 9.79. The number of hydrogen-bond acceptors (Lipinski definition) is 6. The van der Waals surface area contributed by atoms with Crippen molar-refractivity contribution in [2.75, 3.05) is 26.4 Å². The molecule has 0 atom stereocenters. The Kier molecular flexibility index (Phi) is 9.72. The van der Waals surface area contributed by atoms with Gasteiger partial charge < -0.3 is 18.9 Å². The summed E-state index contributed by atoms with van der Waals surface area (Å²) in [5.74, 6) is 4.18. The molecule has 0 saturated carbocycles. The molecule has 0 saturated heterocycles. The fourth-order valence-corrected chi connectivity index (χ4v) is 3.18. The third-order valence-electron chi connectivity index (χ3n) is 3.82. The van der Waals surface area contributed by atoms with E-state index in [2.05, 4.69) is 32.4 Å². The summed E-state index contributed by atoms with van der Waals surface area (Å²) in [4.78, 5) is 12.5. The zero-order valence-corrected chi connectivity index (χ0v) is 19.3. The second kappa shape index (κ2) is 12.5. The van der Waals surface area contributed by atoms with E-state index in [1.54, 1.807) is 30.3 Å². The largest absolute Gasteiger partial charge is 0.490 e. The summed E-state index contributed by atoms with van der Waals surface area (Å²) in [6, 6.07) is 8.52. The van der Waals surface area contributed by atoms with Crippen molar-refractivity contribution in [3.05, 3.63) is 45.9 Å². The molecule has 8 heteroatoms. The highest BCUT2D eigenvalue weighted by atomic mass is 79.9. The summed E-state index contributed by atoms with van der Waals surface area (Å²) in [7, 11) is 0. The molecule has 0 aliphatic heterocycles. The van der Waals surface area contributed by atoms with Gasteiger partial charge in [-0.1, -0.05) is 5.92 Å². The SMILES string of the molecule is C#CCOc1c(Br)cc(/C=N/NC(=O)c2ccc(OCC)c(OCC)c2)cc1OCC. The highest BCUT2D eigenvalue weighted by Crippen LogP contribution is 2.36. The third-order valence-corrected chi connectivity index (χ3v) is 4.41. The minimum absolute atomic E-state index is 0.119. The van der Waals surface area contributed by atoms with Gasteiger partial charge in [0.25, 0.3) is 5.91 Å². The standard InChI is InChI=1S/C23H25BrN2O5/c1-5-11-31-22-18(24)12-16(13-21(22)30-8-4)15-25-26-23(27)17-9-10-19(28-6-2)20(14-17)29-7-3/h1,9-10,12-15H,6-8,11H2,2-4H3,(H,26,27)/b25-15+. The Labute approximate surface area is 190 Å². The average Bonchev–Trinajstić information content (AvgIpc) is 2.75. The van der Waals surface area contributed by atoms with Crippen LogP contribution in [0.1, 0.15) is 36.7 Å². The maximum Gasteiger partial charge on any atom is 0.271 e. The van der Waals surface area contributed by atoms with E-state index in [9.17, 15) is 4.79 Å². The molecular weight excluding hydrogens is 464 g/mol. The topological polar surface area (TPSA) is 78.4 Å². The van der Waals surface area contributed by atoms with Gasteiger partial charge in [0.05, 0.1) is 30.5 Å². The number of hydrazone groups is 1. The number of carbonyl (C=O) groups is 1. The number of benzene rings is 2. The number of nitrogens with zero attached hydrogens (tertiary/aromatic N) is 1. The zero-order valence-electron chi connectivity index (χ0n) is 17.7. The van der Waals surface area contributed by atoms with Gasteiger partial charge in [0, 0.05) is 5.56 Å².